The molecular weight excluding hydrogens is 318 g/mol. The van der Waals surface area contributed by atoms with Crippen LogP contribution in [0.1, 0.15) is 54.5 Å². The number of aromatic nitrogens is 1. The minimum Gasteiger partial charge on any atom is -0.351 e. The SMILES string of the molecule is CC(=O)N1CCN(C(=O)c2cc(C(C)C)no2)[C@@H](c2ccccc2)C1. The minimum atomic E-state index is -0.195. The highest BCUT2D eigenvalue weighted by atomic mass is 16.5. The summed E-state index contributed by atoms with van der Waals surface area (Å²) in [7, 11) is 0. The molecule has 3 rings (SSSR count). The van der Waals surface area contributed by atoms with Gasteiger partial charge >= 0.3 is 0 Å². The van der Waals surface area contributed by atoms with Gasteiger partial charge in [0.1, 0.15) is 0 Å². The maximum absolute atomic E-state index is 13.0. The van der Waals surface area contributed by atoms with Gasteiger partial charge in [0.15, 0.2) is 0 Å². The van der Waals surface area contributed by atoms with Gasteiger partial charge in [-0.3, -0.25) is 9.59 Å². The molecule has 1 fully saturated rings. The lowest BCUT2D eigenvalue weighted by Gasteiger charge is -2.41. The summed E-state index contributed by atoms with van der Waals surface area (Å²) in [6, 6.07) is 11.3. The van der Waals surface area contributed by atoms with Crippen molar-refractivity contribution in [1.29, 1.82) is 0 Å². The van der Waals surface area contributed by atoms with E-state index in [0.29, 0.717) is 19.6 Å². The average Bonchev–Trinajstić information content (AvgIpc) is 3.12. The molecule has 0 spiro atoms. The molecule has 2 heterocycles. The number of carbonyl (C=O) groups excluding carboxylic acids is 2. The highest BCUT2D eigenvalue weighted by Crippen LogP contribution is 2.28. The van der Waals surface area contributed by atoms with Crippen LogP contribution in [0.2, 0.25) is 0 Å². The van der Waals surface area contributed by atoms with Gasteiger partial charge in [-0.25, -0.2) is 0 Å². The lowest BCUT2D eigenvalue weighted by molar-refractivity contribution is -0.131. The first-order chi connectivity index (χ1) is 12.0. The van der Waals surface area contributed by atoms with Crippen LogP contribution in [0, 0.1) is 0 Å². The average molecular weight is 341 g/mol. The van der Waals surface area contributed by atoms with Crippen LogP contribution in [0.4, 0.5) is 0 Å². The molecular formula is C19H23N3O3. The predicted molar refractivity (Wildman–Crippen MR) is 93.1 cm³/mol. The fraction of sp³-hybridized carbons (Fsp3) is 0.421. The summed E-state index contributed by atoms with van der Waals surface area (Å²) in [6.45, 7) is 7.04. The Kier molecular flexibility index (Phi) is 4.88. The van der Waals surface area contributed by atoms with Crippen molar-refractivity contribution < 1.29 is 14.1 Å². The Morgan fingerprint density at radius 1 is 1.20 bits per heavy atom. The van der Waals surface area contributed by atoms with Gasteiger partial charge in [-0.05, 0) is 11.5 Å². The van der Waals surface area contributed by atoms with Crippen LogP contribution in [-0.2, 0) is 4.79 Å². The molecule has 1 aliphatic rings. The largest absolute Gasteiger partial charge is 0.351 e. The van der Waals surface area contributed by atoms with Gasteiger partial charge < -0.3 is 14.3 Å². The van der Waals surface area contributed by atoms with Gasteiger partial charge in [-0.15, -0.1) is 0 Å². The van der Waals surface area contributed by atoms with E-state index in [1.54, 1.807) is 22.8 Å². The standard InChI is InChI=1S/C19H23N3O3/c1-13(2)16-11-18(25-20-16)19(24)22-10-9-21(14(3)23)12-17(22)15-7-5-4-6-8-15/h4-8,11,13,17H,9-10,12H2,1-3H3/t17-/m1/s1. The molecule has 1 saturated heterocycles. The van der Waals surface area contributed by atoms with Gasteiger partial charge in [-0.1, -0.05) is 49.3 Å². The molecule has 132 valence electrons. The van der Waals surface area contributed by atoms with E-state index in [1.165, 1.54) is 0 Å². The van der Waals surface area contributed by atoms with Gasteiger partial charge in [-0.2, -0.15) is 0 Å². The highest BCUT2D eigenvalue weighted by molar-refractivity contribution is 5.92. The third-order valence-electron chi connectivity index (χ3n) is 4.60. The first kappa shape index (κ1) is 17.2. The summed E-state index contributed by atoms with van der Waals surface area (Å²) < 4.78 is 5.28. The molecule has 2 amide bonds. The zero-order valence-electron chi connectivity index (χ0n) is 14.8. The fourth-order valence-corrected chi connectivity index (χ4v) is 3.08. The number of rotatable bonds is 3. The number of nitrogens with zero attached hydrogens (tertiary/aromatic N) is 3. The van der Waals surface area contributed by atoms with Gasteiger partial charge in [0.05, 0.1) is 11.7 Å². The summed E-state index contributed by atoms with van der Waals surface area (Å²) in [6.07, 6.45) is 0. The van der Waals surface area contributed by atoms with Gasteiger partial charge in [0.25, 0.3) is 5.91 Å². The van der Waals surface area contributed by atoms with Crippen molar-refractivity contribution in [3.05, 3.63) is 53.4 Å². The summed E-state index contributed by atoms with van der Waals surface area (Å²) >= 11 is 0. The Hall–Kier alpha value is -2.63. The Bertz CT molecular complexity index is 754. The van der Waals surface area contributed by atoms with Crippen molar-refractivity contribution in [2.75, 3.05) is 19.6 Å². The van der Waals surface area contributed by atoms with Crippen molar-refractivity contribution in [3.8, 4) is 0 Å². The van der Waals surface area contributed by atoms with Crippen molar-refractivity contribution in [2.24, 2.45) is 0 Å². The van der Waals surface area contributed by atoms with E-state index < -0.39 is 0 Å². The lowest BCUT2D eigenvalue weighted by atomic mass is 10.0. The van der Waals surface area contributed by atoms with Crippen molar-refractivity contribution in [2.45, 2.75) is 32.7 Å². The Balaban J connectivity index is 1.89. The quantitative estimate of drug-likeness (QED) is 0.861. The molecule has 1 atom stereocenters. The van der Waals surface area contributed by atoms with E-state index in [2.05, 4.69) is 5.16 Å². The first-order valence-electron chi connectivity index (χ1n) is 8.55. The molecule has 6 nitrogen and oxygen atoms in total. The molecule has 1 aromatic heterocycles. The maximum atomic E-state index is 13.0. The zero-order chi connectivity index (χ0) is 18.0. The summed E-state index contributed by atoms with van der Waals surface area (Å²) in [5, 5.41) is 3.99. The topological polar surface area (TPSA) is 66.7 Å². The monoisotopic (exact) mass is 341 g/mol. The number of hydrogen-bond donors (Lipinski definition) is 0. The fourth-order valence-electron chi connectivity index (χ4n) is 3.08. The van der Waals surface area contributed by atoms with E-state index >= 15 is 0 Å². The van der Waals surface area contributed by atoms with Crippen molar-refractivity contribution in [3.63, 3.8) is 0 Å². The number of carbonyl (C=O) groups is 2. The Morgan fingerprint density at radius 2 is 1.92 bits per heavy atom. The molecule has 1 aliphatic heterocycles. The molecule has 0 aliphatic carbocycles. The van der Waals surface area contributed by atoms with E-state index in [4.69, 9.17) is 4.52 Å². The van der Waals surface area contributed by atoms with Crippen LogP contribution < -0.4 is 0 Å². The molecule has 25 heavy (non-hydrogen) atoms. The molecule has 2 aromatic rings. The smallest absolute Gasteiger partial charge is 0.293 e. The maximum Gasteiger partial charge on any atom is 0.293 e. The van der Waals surface area contributed by atoms with Gasteiger partial charge in [0.2, 0.25) is 11.7 Å². The Labute approximate surface area is 147 Å². The third kappa shape index (κ3) is 3.57. The van der Waals surface area contributed by atoms with Crippen LogP contribution in [-0.4, -0.2) is 46.4 Å². The normalized spacial score (nSPS) is 17.8. The summed E-state index contributed by atoms with van der Waals surface area (Å²) in [4.78, 5) is 28.3. The highest BCUT2D eigenvalue weighted by Gasteiger charge is 2.34. The van der Waals surface area contributed by atoms with Crippen molar-refractivity contribution >= 4 is 11.8 Å². The molecule has 0 N–H and O–H groups in total. The molecule has 0 unspecified atom stereocenters. The summed E-state index contributed by atoms with van der Waals surface area (Å²) in [5.74, 6) is 0.289. The summed E-state index contributed by atoms with van der Waals surface area (Å²) in [5.41, 5.74) is 1.77. The van der Waals surface area contributed by atoms with Crippen LogP contribution in [0.5, 0.6) is 0 Å². The molecule has 0 bridgehead atoms. The molecule has 0 radical (unpaired) electrons. The van der Waals surface area contributed by atoms with E-state index in [0.717, 1.165) is 11.3 Å². The number of amides is 2. The zero-order valence-corrected chi connectivity index (χ0v) is 14.8. The van der Waals surface area contributed by atoms with Gasteiger partial charge in [0, 0.05) is 32.6 Å². The van der Waals surface area contributed by atoms with E-state index in [1.807, 2.05) is 44.2 Å². The second kappa shape index (κ2) is 7.09. The Morgan fingerprint density at radius 3 is 2.52 bits per heavy atom. The second-order valence-corrected chi connectivity index (χ2v) is 6.66. The number of piperazine rings is 1. The predicted octanol–water partition coefficient (Wildman–Crippen LogP) is 2.84. The lowest BCUT2D eigenvalue weighted by Crippen LogP contribution is -2.51. The first-order valence-corrected chi connectivity index (χ1v) is 8.55. The van der Waals surface area contributed by atoms with Crippen LogP contribution >= 0.6 is 0 Å². The third-order valence-corrected chi connectivity index (χ3v) is 4.60. The van der Waals surface area contributed by atoms with E-state index in [-0.39, 0.29) is 29.5 Å². The number of hydrogen-bond acceptors (Lipinski definition) is 4. The van der Waals surface area contributed by atoms with Crippen LogP contribution in [0.3, 0.4) is 0 Å². The molecule has 6 heteroatoms. The van der Waals surface area contributed by atoms with E-state index in [9.17, 15) is 9.59 Å². The molecule has 1 aromatic carbocycles. The molecule has 0 saturated carbocycles. The van der Waals surface area contributed by atoms with Crippen LogP contribution in [0.15, 0.2) is 40.9 Å². The number of benzene rings is 1. The van der Waals surface area contributed by atoms with Crippen molar-refractivity contribution in [1.82, 2.24) is 15.0 Å². The minimum absolute atomic E-state index is 0.0230. The second-order valence-electron chi connectivity index (χ2n) is 6.66. The van der Waals surface area contributed by atoms with Crippen LogP contribution in [0.25, 0.3) is 0 Å².